The Morgan fingerprint density at radius 3 is 2.71 bits per heavy atom. The van der Waals surface area contributed by atoms with Gasteiger partial charge in [0.2, 0.25) is 0 Å². The molecule has 1 fully saturated rings. The highest BCUT2D eigenvalue weighted by Crippen LogP contribution is 2.44. The maximum Gasteiger partial charge on any atom is 0.0409 e. The highest BCUT2D eigenvalue weighted by atomic mass is 35.5. The molecule has 0 bridgehead atoms. The first kappa shape index (κ1) is 12.9. The van der Waals surface area contributed by atoms with E-state index in [1.807, 2.05) is 12.4 Å². The molecule has 1 nitrogen and oxygen atoms in total. The summed E-state index contributed by atoms with van der Waals surface area (Å²) in [5, 5.41) is 0.257. The largest absolute Gasteiger partial charge is 0.265 e. The molecule has 1 saturated carbocycles. The maximum atomic E-state index is 6.66. The van der Waals surface area contributed by atoms with Crippen LogP contribution in [0.2, 0.25) is 0 Å². The minimum Gasteiger partial charge on any atom is -0.265 e. The summed E-state index contributed by atoms with van der Waals surface area (Å²) < 4.78 is 0. The van der Waals surface area contributed by atoms with E-state index in [-0.39, 0.29) is 5.38 Å². The lowest BCUT2D eigenvalue weighted by molar-refractivity contribution is 0.133. The number of halogens is 1. The van der Waals surface area contributed by atoms with E-state index in [2.05, 4.69) is 31.0 Å². The molecule has 0 amide bonds. The molecule has 1 heterocycles. The van der Waals surface area contributed by atoms with Crippen LogP contribution in [-0.2, 0) is 6.42 Å². The quantitative estimate of drug-likeness (QED) is 0.724. The van der Waals surface area contributed by atoms with Gasteiger partial charge in [-0.1, -0.05) is 26.7 Å². The third-order valence-electron chi connectivity index (χ3n) is 4.21. The van der Waals surface area contributed by atoms with Gasteiger partial charge in [-0.25, -0.2) is 0 Å². The summed E-state index contributed by atoms with van der Waals surface area (Å²) in [6, 6.07) is 4.15. The molecule has 2 unspecified atom stereocenters. The van der Waals surface area contributed by atoms with Crippen molar-refractivity contribution < 1.29 is 0 Å². The van der Waals surface area contributed by atoms with E-state index in [1.54, 1.807) is 0 Å². The Morgan fingerprint density at radius 2 is 2.06 bits per heavy atom. The normalized spacial score (nSPS) is 25.5. The summed E-state index contributed by atoms with van der Waals surface area (Å²) in [5.41, 5.74) is 1.71. The fourth-order valence-electron chi connectivity index (χ4n) is 3.08. The Bertz CT molecular complexity index is 347. The predicted octanol–water partition coefficient (Wildman–Crippen LogP) is 4.45. The molecular formula is C15H22ClN. The molecule has 1 aromatic heterocycles. The highest BCUT2D eigenvalue weighted by molar-refractivity contribution is 6.21. The van der Waals surface area contributed by atoms with Crippen LogP contribution in [0.25, 0.3) is 0 Å². The molecule has 0 aromatic carbocycles. The van der Waals surface area contributed by atoms with Gasteiger partial charge < -0.3 is 0 Å². The van der Waals surface area contributed by atoms with Gasteiger partial charge in [0, 0.05) is 17.8 Å². The molecule has 1 aliphatic carbocycles. The average molecular weight is 252 g/mol. The van der Waals surface area contributed by atoms with Gasteiger partial charge in [-0.05, 0) is 48.3 Å². The number of rotatable bonds is 3. The van der Waals surface area contributed by atoms with Crippen molar-refractivity contribution in [2.24, 2.45) is 11.3 Å². The van der Waals surface area contributed by atoms with Crippen molar-refractivity contribution >= 4 is 11.6 Å². The predicted molar refractivity (Wildman–Crippen MR) is 73.3 cm³/mol. The molecule has 0 saturated heterocycles. The number of hydrogen-bond donors (Lipinski definition) is 0. The van der Waals surface area contributed by atoms with Crippen LogP contribution in [0.5, 0.6) is 0 Å². The van der Waals surface area contributed by atoms with Gasteiger partial charge in [-0.2, -0.15) is 0 Å². The van der Waals surface area contributed by atoms with Crippen molar-refractivity contribution in [1.29, 1.82) is 0 Å². The smallest absolute Gasteiger partial charge is 0.0409 e. The molecule has 0 radical (unpaired) electrons. The SMILES string of the molecule is CC1(C)CCCCC1C(Cl)Cc1ccncc1. The van der Waals surface area contributed by atoms with Crippen LogP contribution in [0.15, 0.2) is 24.5 Å². The van der Waals surface area contributed by atoms with Gasteiger partial charge in [0.1, 0.15) is 0 Å². The van der Waals surface area contributed by atoms with E-state index in [4.69, 9.17) is 11.6 Å². The second kappa shape index (κ2) is 5.39. The maximum absolute atomic E-state index is 6.66. The highest BCUT2D eigenvalue weighted by Gasteiger charge is 2.36. The zero-order chi connectivity index (χ0) is 12.3. The van der Waals surface area contributed by atoms with E-state index in [0.29, 0.717) is 11.3 Å². The third kappa shape index (κ3) is 3.22. The molecular weight excluding hydrogens is 230 g/mol. The lowest BCUT2D eigenvalue weighted by Gasteiger charge is -2.41. The van der Waals surface area contributed by atoms with Crippen LogP contribution in [0.4, 0.5) is 0 Å². The average Bonchev–Trinajstić information content (AvgIpc) is 2.29. The molecule has 0 spiro atoms. The zero-order valence-electron chi connectivity index (χ0n) is 10.8. The number of hydrogen-bond acceptors (Lipinski definition) is 1. The summed E-state index contributed by atoms with van der Waals surface area (Å²) in [5.74, 6) is 0.645. The first-order chi connectivity index (χ1) is 8.09. The molecule has 2 atom stereocenters. The van der Waals surface area contributed by atoms with E-state index in [9.17, 15) is 0 Å². The van der Waals surface area contributed by atoms with Crippen molar-refractivity contribution in [3.8, 4) is 0 Å². The molecule has 0 aliphatic heterocycles. The van der Waals surface area contributed by atoms with E-state index in [0.717, 1.165) is 6.42 Å². The number of nitrogens with zero attached hydrogens (tertiary/aromatic N) is 1. The minimum atomic E-state index is 0.257. The van der Waals surface area contributed by atoms with Gasteiger partial charge in [0.15, 0.2) is 0 Å². The van der Waals surface area contributed by atoms with E-state index >= 15 is 0 Å². The third-order valence-corrected chi connectivity index (χ3v) is 4.67. The van der Waals surface area contributed by atoms with Crippen LogP contribution < -0.4 is 0 Å². The van der Waals surface area contributed by atoms with Crippen molar-refractivity contribution in [3.05, 3.63) is 30.1 Å². The summed E-state index contributed by atoms with van der Waals surface area (Å²) in [6.45, 7) is 4.75. The van der Waals surface area contributed by atoms with E-state index in [1.165, 1.54) is 31.2 Å². The van der Waals surface area contributed by atoms with Gasteiger partial charge in [-0.15, -0.1) is 11.6 Å². The second-order valence-corrected chi connectivity index (χ2v) is 6.48. The molecule has 1 aromatic rings. The Labute approximate surface area is 110 Å². The van der Waals surface area contributed by atoms with Gasteiger partial charge >= 0.3 is 0 Å². The van der Waals surface area contributed by atoms with Crippen LogP contribution in [0.3, 0.4) is 0 Å². The van der Waals surface area contributed by atoms with Gasteiger partial charge in [-0.3, -0.25) is 4.98 Å². The Kier molecular flexibility index (Phi) is 4.09. The number of pyridine rings is 1. The molecule has 17 heavy (non-hydrogen) atoms. The Hall–Kier alpha value is -0.560. The first-order valence-corrected chi connectivity index (χ1v) is 7.06. The second-order valence-electron chi connectivity index (χ2n) is 5.92. The Morgan fingerprint density at radius 1 is 1.35 bits per heavy atom. The lowest BCUT2D eigenvalue weighted by Crippen LogP contribution is -2.35. The lowest BCUT2D eigenvalue weighted by atomic mass is 9.67. The fourth-order valence-corrected chi connectivity index (χ4v) is 3.72. The van der Waals surface area contributed by atoms with Crippen LogP contribution in [-0.4, -0.2) is 10.4 Å². The molecule has 2 rings (SSSR count). The summed E-state index contributed by atoms with van der Waals surface area (Å²) in [4.78, 5) is 4.05. The number of alkyl halides is 1. The first-order valence-electron chi connectivity index (χ1n) is 6.62. The fraction of sp³-hybridized carbons (Fsp3) is 0.667. The van der Waals surface area contributed by atoms with Crippen LogP contribution in [0.1, 0.15) is 45.1 Å². The summed E-state index contributed by atoms with van der Waals surface area (Å²) in [7, 11) is 0. The van der Waals surface area contributed by atoms with Gasteiger partial charge in [0.05, 0.1) is 0 Å². The standard InChI is InChI=1S/C15H22ClN/c1-15(2)8-4-3-5-13(15)14(16)11-12-6-9-17-10-7-12/h6-7,9-10,13-14H,3-5,8,11H2,1-2H3. The number of aromatic nitrogens is 1. The molecule has 94 valence electrons. The van der Waals surface area contributed by atoms with Crippen molar-refractivity contribution in [2.45, 2.75) is 51.3 Å². The van der Waals surface area contributed by atoms with Crippen LogP contribution >= 0.6 is 11.6 Å². The molecule has 0 N–H and O–H groups in total. The van der Waals surface area contributed by atoms with Crippen molar-refractivity contribution in [3.63, 3.8) is 0 Å². The monoisotopic (exact) mass is 251 g/mol. The summed E-state index contributed by atoms with van der Waals surface area (Å²) in [6.07, 6.45) is 9.98. The molecule has 2 heteroatoms. The van der Waals surface area contributed by atoms with Crippen molar-refractivity contribution in [2.75, 3.05) is 0 Å². The summed E-state index contributed by atoms with van der Waals surface area (Å²) >= 11 is 6.66. The zero-order valence-corrected chi connectivity index (χ0v) is 11.6. The topological polar surface area (TPSA) is 12.9 Å². The molecule has 1 aliphatic rings. The minimum absolute atomic E-state index is 0.257. The van der Waals surface area contributed by atoms with E-state index < -0.39 is 0 Å². The van der Waals surface area contributed by atoms with Crippen LogP contribution in [0, 0.1) is 11.3 Å². The van der Waals surface area contributed by atoms with Gasteiger partial charge in [0.25, 0.3) is 0 Å². The Balaban J connectivity index is 2.02. The van der Waals surface area contributed by atoms with Crippen molar-refractivity contribution in [1.82, 2.24) is 4.98 Å².